The third-order valence-corrected chi connectivity index (χ3v) is 3.96. The van der Waals surface area contributed by atoms with Gasteiger partial charge in [0.05, 0.1) is 23.0 Å². The molecule has 0 amide bonds. The van der Waals surface area contributed by atoms with Gasteiger partial charge in [0, 0.05) is 6.54 Å². The van der Waals surface area contributed by atoms with E-state index < -0.39 is 0 Å². The number of benzene rings is 1. The van der Waals surface area contributed by atoms with E-state index >= 15 is 0 Å². The van der Waals surface area contributed by atoms with Crippen LogP contribution >= 0.6 is 11.6 Å². The Morgan fingerprint density at radius 1 is 1.19 bits per heavy atom. The van der Waals surface area contributed by atoms with E-state index in [0.29, 0.717) is 0 Å². The summed E-state index contributed by atoms with van der Waals surface area (Å²) in [6.45, 7) is 8.20. The molecule has 0 saturated heterocycles. The van der Waals surface area contributed by atoms with E-state index in [-0.39, 0.29) is 6.04 Å². The summed E-state index contributed by atoms with van der Waals surface area (Å²) in [7, 11) is 0. The first-order valence-electron chi connectivity index (χ1n) is 7.74. The quantitative estimate of drug-likeness (QED) is 0.830. The predicted molar refractivity (Wildman–Crippen MR) is 88.9 cm³/mol. The molecule has 0 aliphatic carbocycles. The van der Waals surface area contributed by atoms with Gasteiger partial charge in [-0.2, -0.15) is 5.10 Å². The minimum Gasteiger partial charge on any atom is -0.305 e. The zero-order valence-electron chi connectivity index (χ0n) is 13.1. The van der Waals surface area contributed by atoms with Crippen molar-refractivity contribution in [2.45, 2.75) is 46.2 Å². The summed E-state index contributed by atoms with van der Waals surface area (Å²) < 4.78 is 2.02. The van der Waals surface area contributed by atoms with Crippen LogP contribution in [0, 0.1) is 0 Å². The fourth-order valence-corrected chi connectivity index (χ4v) is 2.82. The second kappa shape index (κ2) is 7.62. The number of hydrogen-bond donors (Lipinski definition) is 1. The van der Waals surface area contributed by atoms with Crippen molar-refractivity contribution in [3.05, 3.63) is 52.3 Å². The highest BCUT2D eigenvalue weighted by Crippen LogP contribution is 2.28. The van der Waals surface area contributed by atoms with E-state index in [1.54, 1.807) is 6.20 Å². The second-order valence-electron chi connectivity index (χ2n) is 5.19. The minimum atomic E-state index is 0.0856. The maximum Gasteiger partial charge on any atom is 0.0837 e. The fraction of sp³-hybridized carbons (Fsp3) is 0.471. The molecule has 1 atom stereocenters. The number of nitrogens with zero attached hydrogens (tertiary/aromatic N) is 2. The van der Waals surface area contributed by atoms with Crippen LogP contribution in [-0.4, -0.2) is 16.3 Å². The van der Waals surface area contributed by atoms with Crippen LogP contribution in [0.25, 0.3) is 0 Å². The summed E-state index contributed by atoms with van der Waals surface area (Å²) in [5.41, 5.74) is 3.64. The molecule has 1 unspecified atom stereocenters. The Bertz CT molecular complexity index is 560. The Hall–Kier alpha value is -1.32. The van der Waals surface area contributed by atoms with Crippen molar-refractivity contribution >= 4 is 11.6 Å². The molecule has 4 heteroatoms. The van der Waals surface area contributed by atoms with Crippen molar-refractivity contribution in [3.8, 4) is 0 Å². The minimum absolute atomic E-state index is 0.0856. The van der Waals surface area contributed by atoms with Crippen LogP contribution < -0.4 is 5.32 Å². The standard InChI is InChI=1S/C17H24ClN3/c1-4-11-21-17(15(18)12-20-21)16(19-6-3)14-9-7-13(5-2)8-10-14/h7-10,12,16,19H,4-6,11H2,1-3H3. The summed E-state index contributed by atoms with van der Waals surface area (Å²) in [6.07, 6.45) is 3.84. The van der Waals surface area contributed by atoms with E-state index in [1.807, 2.05) is 4.68 Å². The predicted octanol–water partition coefficient (Wildman–Crippen LogP) is 4.21. The normalized spacial score (nSPS) is 12.6. The summed E-state index contributed by atoms with van der Waals surface area (Å²) in [5.74, 6) is 0. The van der Waals surface area contributed by atoms with Gasteiger partial charge in [0.15, 0.2) is 0 Å². The molecule has 1 N–H and O–H groups in total. The number of hydrogen-bond acceptors (Lipinski definition) is 2. The largest absolute Gasteiger partial charge is 0.305 e. The Kier molecular flexibility index (Phi) is 5.83. The molecule has 21 heavy (non-hydrogen) atoms. The number of nitrogens with one attached hydrogen (secondary N) is 1. The summed E-state index contributed by atoms with van der Waals surface area (Å²) >= 11 is 6.40. The first-order valence-corrected chi connectivity index (χ1v) is 8.12. The maximum absolute atomic E-state index is 6.40. The molecule has 0 saturated carbocycles. The third-order valence-electron chi connectivity index (χ3n) is 3.67. The van der Waals surface area contributed by atoms with Crippen LogP contribution in [0.15, 0.2) is 30.5 Å². The van der Waals surface area contributed by atoms with Crippen molar-refractivity contribution in [2.75, 3.05) is 6.54 Å². The average molecular weight is 306 g/mol. The lowest BCUT2D eigenvalue weighted by atomic mass is 10.0. The molecule has 2 rings (SSSR count). The van der Waals surface area contributed by atoms with Crippen LogP contribution in [0.1, 0.15) is 50.1 Å². The monoisotopic (exact) mass is 305 g/mol. The summed E-state index contributed by atoms with van der Waals surface area (Å²) in [4.78, 5) is 0. The van der Waals surface area contributed by atoms with E-state index in [9.17, 15) is 0 Å². The fourth-order valence-electron chi connectivity index (χ4n) is 2.57. The molecule has 0 spiro atoms. The Morgan fingerprint density at radius 3 is 2.48 bits per heavy atom. The van der Waals surface area contributed by atoms with Crippen molar-refractivity contribution in [1.29, 1.82) is 0 Å². The molecular weight excluding hydrogens is 282 g/mol. The topological polar surface area (TPSA) is 29.9 Å². The van der Waals surface area contributed by atoms with Crippen molar-refractivity contribution in [1.82, 2.24) is 15.1 Å². The third kappa shape index (κ3) is 3.66. The van der Waals surface area contributed by atoms with Gasteiger partial charge < -0.3 is 5.32 Å². The molecule has 0 radical (unpaired) electrons. The van der Waals surface area contributed by atoms with E-state index in [4.69, 9.17) is 11.6 Å². The number of aromatic nitrogens is 2. The molecule has 0 aliphatic heterocycles. The lowest BCUT2D eigenvalue weighted by Crippen LogP contribution is -2.25. The van der Waals surface area contributed by atoms with Gasteiger partial charge >= 0.3 is 0 Å². The first-order chi connectivity index (χ1) is 10.2. The van der Waals surface area contributed by atoms with Crippen molar-refractivity contribution < 1.29 is 0 Å². The second-order valence-corrected chi connectivity index (χ2v) is 5.59. The van der Waals surface area contributed by atoms with E-state index in [0.717, 1.165) is 36.6 Å². The van der Waals surface area contributed by atoms with Crippen LogP contribution in [0.4, 0.5) is 0 Å². The average Bonchev–Trinajstić information content (AvgIpc) is 2.86. The van der Waals surface area contributed by atoms with Gasteiger partial charge in [-0.3, -0.25) is 4.68 Å². The smallest absolute Gasteiger partial charge is 0.0837 e. The highest BCUT2D eigenvalue weighted by atomic mass is 35.5. The summed E-state index contributed by atoms with van der Waals surface area (Å²) in [5, 5.41) is 8.68. The van der Waals surface area contributed by atoms with E-state index in [1.165, 1.54) is 11.1 Å². The Labute approximate surface area is 132 Å². The molecule has 1 aromatic heterocycles. The molecule has 0 fully saturated rings. The van der Waals surface area contributed by atoms with Crippen LogP contribution in [0.2, 0.25) is 5.02 Å². The van der Waals surface area contributed by atoms with Gasteiger partial charge in [0.25, 0.3) is 0 Å². The maximum atomic E-state index is 6.40. The SMILES string of the molecule is CCCn1ncc(Cl)c1C(NCC)c1ccc(CC)cc1. The first kappa shape index (κ1) is 16.1. The molecule has 114 valence electrons. The number of rotatable bonds is 7. The molecule has 0 aliphatic rings. The van der Waals surface area contributed by atoms with Gasteiger partial charge in [-0.1, -0.05) is 56.6 Å². The number of halogens is 1. The van der Waals surface area contributed by atoms with Gasteiger partial charge in [-0.15, -0.1) is 0 Å². The van der Waals surface area contributed by atoms with Crippen molar-refractivity contribution in [3.63, 3.8) is 0 Å². The number of aryl methyl sites for hydroxylation is 2. The van der Waals surface area contributed by atoms with Gasteiger partial charge in [-0.05, 0) is 30.5 Å². The Morgan fingerprint density at radius 2 is 1.90 bits per heavy atom. The van der Waals surface area contributed by atoms with Gasteiger partial charge in [-0.25, -0.2) is 0 Å². The zero-order valence-corrected chi connectivity index (χ0v) is 13.8. The molecular formula is C17H24ClN3. The highest BCUT2D eigenvalue weighted by Gasteiger charge is 2.21. The molecule has 1 heterocycles. The molecule has 1 aromatic carbocycles. The molecule has 2 aromatic rings. The van der Waals surface area contributed by atoms with Crippen LogP contribution in [-0.2, 0) is 13.0 Å². The lowest BCUT2D eigenvalue weighted by Gasteiger charge is -2.21. The molecule has 3 nitrogen and oxygen atoms in total. The van der Waals surface area contributed by atoms with E-state index in [2.05, 4.69) is 55.5 Å². The lowest BCUT2D eigenvalue weighted by molar-refractivity contribution is 0.520. The van der Waals surface area contributed by atoms with Gasteiger partial charge in [0.1, 0.15) is 0 Å². The Balaban J connectivity index is 2.40. The van der Waals surface area contributed by atoms with Crippen LogP contribution in [0.5, 0.6) is 0 Å². The summed E-state index contributed by atoms with van der Waals surface area (Å²) in [6, 6.07) is 8.84. The van der Waals surface area contributed by atoms with Crippen LogP contribution in [0.3, 0.4) is 0 Å². The van der Waals surface area contributed by atoms with Crippen molar-refractivity contribution in [2.24, 2.45) is 0 Å². The molecule has 0 bridgehead atoms. The highest BCUT2D eigenvalue weighted by molar-refractivity contribution is 6.31. The van der Waals surface area contributed by atoms with Gasteiger partial charge in [0.2, 0.25) is 0 Å². The zero-order chi connectivity index (χ0) is 15.2.